The van der Waals surface area contributed by atoms with Crippen LogP contribution in [0.5, 0.6) is 11.5 Å². The van der Waals surface area contributed by atoms with E-state index in [2.05, 4.69) is 5.32 Å². The van der Waals surface area contributed by atoms with E-state index in [9.17, 15) is 4.79 Å². The van der Waals surface area contributed by atoms with E-state index in [0.717, 1.165) is 11.3 Å². The molecule has 0 unspecified atom stereocenters. The van der Waals surface area contributed by atoms with Crippen LogP contribution in [0.2, 0.25) is 5.02 Å². The average Bonchev–Trinajstić information content (AvgIpc) is 2.52. The van der Waals surface area contributed by atoms with Crippen LogP contribution in [0.3, 0.4) is 0 Å². The predicted octanol–water partition coefficient (Wildman–Crippen LogP) is 3.29. The summed E-state index contributed by atoms with van der Waals surface area (Å²) in [6.45, 7) is 0.360. The lowest BCUT2D eigenvalue weighted by Gasteiger charge is -2.11. The molecule has 0 saturated carbocycles. The molecule has 0 spiro atoms. The maximum absolute atomic E-state index is 12.3. The predicted molar refractivity (Wildman–Crippen MR) is 82.2 cm³/mol. The quantitative estimate of drug-likeness (QED) is 0.922. The van der Waals surface area contributed by atoms with Gasteiger partial charge in [-0.3, -0.25) is 4.79 Å². The first-order valence-corrected chi connectivity index (χ1v) is 6.77. The van der Waals surface area contributed by atoms with Gasteiger partial charge in [0, 0.05) is 17.1 Å². The highest BCUT2D eigenvalue weighted by atomic mass is 35.5. The van der Waals surface area contributed by atoms with Crippen molar-refractivity contribution in [1.29, 1.82) is 0 Å². The lowest BCUT2D eigenvalue weighted by Crippen LogP contribution is -2.23. The maximum atomic E-state index is 12.3. The number of hydrogen-bond donors (Lipinski definition) is 1. The van der Waals surface area contributed by atoms with Gasteiger partial charge < -0.3 is 14.8 Å². The molecule has 0 aliphatic rings. The molecule has 0 saturated heterocycles. The normalized spacial score (nSPS) is 10.0. The smallest absolute Gasteiger partial charge is 0.255 e. The summed E-state index contributed by atoms with van der Waals surface area (Å²) in [5.74, 6) is 0.966. The summed E-state index contributed by atoms with van der Waals surface area (Å²) >= 11 is 5.93. The van der Waals surface area contributed by atoms with Crippen LogP contribution >= 0.6 is 11.6 Å². The second kappa shape index (κ2) is 6.99. The standard InChI is InChI=1S/C16H16ClNO3/c1-20-14-6-4-3-5-11(14)10-18-16(19)13-9-12(17)7-8-15(13)21-2/h3-9H,10H2,1-2H3,(H,18,19). The fourth-order valence-electron chi connectivity index (χ4n) is 1.98. The molecule has 0 atom stereocenters. The molecule has 0 aliphatic heterocycles. The Morgan fingerprint density at radius 1 is 1.10 bits per heavy atom. The Morgan fingerprint density at radius 2 is 1.81 bits per heavy atom. The van der Waals surface area contributed by atoms with Crippen molar-refractivity contribution in [3.05, 3.63) is 58.6 Å². The Morgan fingerprint density at radius 3 is 2.52 bits per heavy atom. The van der Waals surface area contributed by atoms with E-state index < -0.39 is 0 Å². The van der Waals surface area contributed by atoms with Crippen molar-refractivity contribution < 1.29 is 14.3 Å². The Labute approximate surface area is 128 Å². The van der Waals surface area contributed by atoms with Gasteiger partial charge in [0.1, 0.15) is 11.5 Å². The van der Waals surface area contributed by atoms with Crippen molar-refractivity contribution in [3.8, 4) is 11.5 Å². The Bertz CT molecular complexity index is 643. The molecule has 21 heavy (non-hydrogen) atoms. The first-order valence-electron chi connectivity index (χ1n) is 6.39. The molecule has 0 aromatic heterocycles. The molecule has 110 valence electrons. The van der Waals surface area contributed by atoms with Gasteiger partial charge in [0.05, 0.1) is 19.8 Å². The number of amides is 1. The number of carbonyl (C=O) groups is 1. The van der Waals surface area contributed by atoms with Crippen LogP contribution in [0.25, 0.3) is 0 Å². The van der Waals surface area contributed by atoms with Gasteiger partial charge in [0.15, 0.2) is 0 Å². The molecule has 0 fully saturated rings. The molecule has 2 aromatic rings. The molecule has 1 amide bonds. The van der Waals surface area contributed by atoms with E-state index in [0.29, 0.717) is 22.9 Å². The maximum Gasteiger partial charge on any atom is 0.255 e. The highest BCUT2D eigenvalue weighted by Crippen LogP contribution is 2.23. The molecule has 0 radical (unpaired) electrons. The number of hydrogen-bond acceptors (Lipinski definition) is 3. The number of benzene rings is 2. The molecule has 0 aliphatic carbocycles. The van der Waals surface area contributed by atoms with Gasteiger partial charge in [-0.2, -0.15) is 0 Å². The fraction of sp³-hybridized carbons (Fsp3) is 0.188. The zero-order valence-electron chi connectivity index (χ0n) is 11.9. The van der Waals surface area contributed by atoms with Gasteiger partial charge in [0.25, 0.3) is 5.91 Å². The summed E-state index contributed by atoms with van der Waals surface area (Å²) in [7, 11) is 3.11. The van der Waals surface area contributed by atoms with Crippen molar-refractivity contribution >= 4 is 17.5 Å². The van der Waals surface area contributed by atoms with Gasteiger partial charge in [0.2, 0.25) is 0 Å². The van der Waals surface area contributed by atoms with Crippen LogP contribution in [0.4, 0.5) is 0 Å². The first-order chi connectivity index (χ1) is 10.2. The number of nitrogens with one attached hydrogen (secondary N) is 1. The van der Waals surface area contributed by atoms with Crippen LogP contribution in [0.1, 0.15) is 15.9 Å². The first kappa shape index (κ1) is 15.2. The Kier molecular flexibility index (Phi) is 5.06. The van der Waals surface area contributed by atoms with Crippen molar-refractivity contribution in [2.45, 2.75) is 6.54 Å². The average molecular weight is 306 g/mol. The van der Waals surface area contributed by atoms with E-state index in [1.807, 2.05) is 24.3 Å². The highest BCUT2D eigenvalue weighted by Gasteiger charge is 2.13. The van der Waals surface area contributed by atoms with E-state index >= 15 is 0 Å². The van der Waals surface area contributed by atoms with E-state index in [1.165, 1.54) is 7.11 Å². The SMILES string of the molecule is COc1ccccc1CNC(=O)c1cc(Cl)ccc1OC. The van der Waals surface area contributed by atoms with Crippen LogP contribution in [0, 0.1) is 0 Å². The Hall–Kier alpha value is -2.20. The summed E-state index contributed by atoms with van der Waals surface area (Å²) in [5.41, 5.74) is 1.30. The minimum atomic E-state index is -0.250. The number of halogens is 1. The van der Waals surface area contributed by atoms with Crippen LogP contribution in [0.15, 0.2) is 42.5 Å². The summed E-state index contributed by atoms with van der Waals surface area (Å²) in [6.07, 6.45) is 0. The van der Waals surface area contributed by atoms with Crippen molar-refractivity contribution in [3.63, 3.8) is 0 Å². The molecule has 5 heteroatoms. The second-order valence-corrected chi connectivity index (χ2v) is 4.78. The number of para-hydroxylation sites is 1. The molecule has 0 bridgehead atoms. The van der Waals surface area contributed by atoms with E-state index in [4.69, 9.17) is 21.1 Å². The molecule has 2 rings (SSSR count). The third-order valence-corrected chi connectivity index (χ3v) is 3.27. The number of methoxy groups -OCH3 is 2. The minimum Gasteiger partial charge on any atom is -0.496 e. The summed E-state index contributed by atoms with van der Waals surface area (Å²) in [4.78, 5) is 12.3. The van der Waals surface area contributed by atoms with Crippen molar-refractivity contribution in [2.24, 2.45) is 0 Å². The zero-order valence-corrected chi connectivity index (χ0v) is 12.6. The zero-order chi connectivity index (χ0) is 15.2. The minimum absolute atomic E-state index is 0.250. The fourth-order valence-corrected chi connectivity index (χ4v) is 2.15. The molecule has 4 nitrogen and oxygen atoms in total. The largest absolute Gasteiger partial charge is 0.496 e. The van der Waals surface area contributed by atoms with Crippen LogP contribution in [-0.2, 0) is 6.54 Å². The molecular formula is C16H16ClNO3. The lowest BCUT2D eigenvalue weighted by atomic mass is 10.1. The summed E-state index contributed by atoms with van der Waals surface area (Å²) in [5, 5.41) is 3.32. The van der Waals surface area contributed by atoms with Gasteiger partial charge in [-0.05, 0) is 24.3 Å². The topological polar surface area (TPSA) is 47.6 Å². The molecule has 2 aromatic carbocycles. The van der Waals surface area contributed by atoms with Crippen molar-refractivity contribution in [1.82, 2.24) is 5.32 Å². The van der Waals surface area contributed by atoms with Crippen LogP contribution < -0.4 is 14.8 Å². The number of ether oxygens (including phenoxy) is 2. The Balaban J connectivity index is 2.13. The van der Waals surface area contributed by atoms with Gasteiger partial charge in [-0.15, -0.1) is 0 Å². The van der Waals surface area contributed by atoms with E-state index in [1.54, 1.807) is 25.3 Å². The van der Waals surface area contributed by atoms with E-state index in [-0.39, 0.29) is 5.91 Å². The number of rotatable bonds is 5. The second-order valence-electron chi connectivity index (χ2n) is 4.34. The molecule has 1 N–H and O–H groups in total. The van der Waals surface area contributed by atoms with Crippen molar-refractivity contribution in [2.75, 3.05) is 14.2 Å². The molecule has 0 heterocycles. The monoisotopic (exact) mass is 305 g/mol. The van der Waals surface area contributed by atoms with Gasteiger partial charge in [-0.25, -0.2) is 0 Å². The molecular weight excluding hydrogens is 290 g/mol. The summed E-state index contributed by atoms with van der Waals surface area (Å²) in [6, 6.07) is 12.4. The third kappa shape index (κ3) is 3.67. The third-order valence-electron chi connectivity index (χ3n) is 3.04. The van der Waals surface area contributed by atoms with Gasteiger partial charge in [-0.1, -0.05) is 29.8 Å². The van der Waals surface area contributed by atoms with Gasteiger partial charge >= 0.3 is 0 Å². The lowest BCUT2D eigenvalue weighted by molar-refractivity contribution is 0.0947. The van der Waals surface area contributed by atoms with Crippen LogP contribution in [-0.4, -0.2) is 20.1 Å². The highest BCUT2D eigenvalue weighted by molar-refractivity contribution is 6.31. The summed E-state index contributed by atoms with van der Waals surface area (Å²) < 4.78 is 10.4. The number of carbonyl (C=O) groups excluding carboxylic acids is 1.